The van der Waals surface area contributed by atoms with Crippen molar-refractivity contribution in [2.24, 2.45) is 5.73 Å². The summed E-state index contributed by atoms with van der Waals surface area (Å²) in [5, 5.41) is 23.8. The Bertz CT molecular complexity index is 1570. The van der Waals surface area contributed by atoms with Gasteiger partial charge in [0.25, 0.3) is 0 Å². The molecule has 0 bridgehead atoms. The van der Waals surface area contributed by atoms with Gasteiger partial charge in [-0.1, -0.05) is 91.0 Å². The summed E-state index contributed by atoms with van der Waals surface area (Å²) in [5.74, 6) is -2.98. The quantitative estimate of drug-likeness (QED) is 0.147. The zero-order valence-corrected chi connectivity index (χ0v) is 24.1. The summed E-state index contributed by atoms with van der Waals surface area (Å²) in [6, 6.07) is 30.3. The molecule has 0 aliphatic carbocycles. The molecule has 0 spiro atoms. The molecular weight excluding hydrogens is 558 g/mol. The predicted molar refractivity (Wildman–Crippen MR) is 167 cm³/mol. The van der Waals surface area contributed by atoms with E-state index in [-0.39, 0.29) is 37.3 Å². The molecule has 0 aliphatic rings. The number of phenols is 1. The first kappa shape index (κ1) is 31.5. The zero-order chi connectivity index (χ0) is 31.5. The van der Waals surface area contributed by atoms with Gasteiger partial charge in [0, 0.05) is 19.3 Å². The Morgan fingerprint density at radius 1 is 0.636 bits per heavy atom. The van der Waals surface area contributed by atoms with Crippen LogP contribution < -0.4 is 16.4 Å². The SMILES string of the molecule is NC(=O)C(CCC(=O)O)NC(=O)[C@H](Cc1ccc(O)cc1)NC(=O)CCc1ccc(-c2ccc(-c3ccccc3)cc2)cc1. The van der Waals surface area contributed by atoms with E-state index in [2.05, 4.69) is 47.0 Å². The number of nitrogens with two attached hydrogens (primary N) is 1. The van der Waals surface area contributed by atoms with Crippen molar-refractivity contribution in [2.75, 3.05) is 0 Å². The topological polar surface area (TPSA) is 159 Å². The minimum Gasteiger partial charge on any atom is -0.508 e. The maximum atomic E-state index is 13.1. The van der Waals surface area contributed by atoms with Gasteiger partial charge in [0.1, 0.15) is 17.8 Å². The fourth-order valence-corrected chi connectivity index (χ4v) is 4.78. The molecular formula is C35H35N3O6. The second kappa shape index (κ2) is 15.2. The van der Waals surface area contributed by atoms with Crippen molar-refractivity contribution in [3.05, 3.63) is 114 Å². The summed E-state index contributed by atoms with van der Waals surface area (Å²) in [6.07, 6.45) is 0.0992. The number of amides is 3. The summed E-state index contributed by atoms with van der Waals surface area (Å²) in [4.78, 5) is 48.9. The van der Waals surface area contributed by atoms with Crippen LogP contribution in [0.3, 0.4) is 0 Å². The van der Waals surface area contributed by atoms with E-state index in [1.807, 2.05) is 42.5 Å². The van der Waals surface area contributed by atoms with Crippen molar-refractivity contribution < 1.29 is 29.4 Å². The lowest BCUT2D eigenvalue weighted by Gasteiger charge is -2.22. The van der Waals surface area contributed by atoms with E-state index in [0.717, 1.165) is 27.8 Å². The van der Waals surface area contributed by atoms with E-state index >= 15 is 0 Å². The number of hydrogen-bond acceptors (Lipinski definition) is 5. The average molecular weight is 594 g/mol. The molecule has 3 amide bonds. The van der Waals surface area contributed by atoms with Crippen LogP contribution in [-0.2, 0) is 32.0 Å². The number of nitrogens with one attached hydrogen (secondary N) is 2. The Labute approximate surface area is 255 Å². The second-order valence-corrected chi connectivity index (χ2v) is 10.5. The van der Waals surface area contributed by atoms with E-state index < -0.39 is 29.9 Å². The first-order chi connectivity index (χ1) is 21.2. The van der Waals surface area contributed by atoms with Gasteiger partial charge in [0.2, 0.25) is 17.7 Å². The molecule has 1 unspecified atom stereocenters. The average Bonchev–Trinajstić information content (AvgIpc) is 3.03. The van der Waals surface area contributed by atoms with E-state index in [4.69, 9.17) is 10.8 Å². The van der Waals surface area contributed by atoms with Crippen molar-refractivity contribution >= 4 is 23.7 Å². The summed E-state index contributed by atoms with van der Waals surface area (Å²) in [7, 11) is 0. The molecule has 9 nitrogen and oxygen atoms in total. The fraction of sp³-hybridized carbons (Fsp3) is 0.200. The number of aliphatic carboxylic acids is 1. The lowest BCUT2D eigenvalue weighted by atomic mass is 9.99. The highest BCUT2D eigenvalue weighted by Crippen LogP contribution is 2.25. The molecule has 226 valence electrons. The molecule has 44 heavy (non-hydrogen) atoms. The Morgan fingerprint density at radius 2 is 1.16 bits per heavy atom. The van der Waals surface area contributed by atoms with Crippen LogP contribution in [0.2, 0.25) is 0 Å². The van der Waals surface area contributed by atoms with Crippen molar-refractivity contribution in [1.82, 2.24) is 10.6 Å². The number of carbonyl (C=O) groups excluding carboxylic acids is 3. The molecule has 0 heterocycles. The molecule has 0 fully saturated rings. The number of hydrogen-bond donors (Lipinski definition) is 5. The van der Waals surface area contributed by atoms with Gasteiger partial charge in [-0.05, 0) is 58.4 Å². The maximum absolute atomic E-state index is 13.1. The van der Waals surface area contributed by atoms with E-state index in [1.165, 1.54) is 12.1 Å². The summed E-state index contributed by atoms with van der Waals surface area (Å²) < 4.78 is 0. The standard InChI is InChI=1S/C35H35N3O6/c36-34(43)30(19-21-33(41)42)38-35(44)31(22-24-8-17-29(39)18-9-24)37-32(40)20-10-23-6-11-26(12-7-23)28-15-13-27(14-16-28)25-4-2-1-3-5-25/h1-9,11-18,30-31,39H,10,19-22H2,(H2,36,43)(H,37,40)(H,38,44)(H,41,42)/t30?,31-/m0/s1. The van der Waals surface area contributed by atoms with Crippen LogP contribution in [0.25, 0.3) is 22.3 Å². The van der Waals surface area contributed by atoms with E-state index in [0.29, 0.717) is 12.0 Å². The number of phenolic OH excluding ortho intramolecular Hbond substituents is 1. The second-order valence-electron chi connectivity index (χ2n) is 10.5. The van der Waals surface area contributed by atoms with E-state index in [9.17, 15) is 24.3 Å². The number of primary amides is 1. The third kappa shape index (κ3) is 9.29. The van der Waals surface area contributed by atoms with Crippen LogP contribution in [0.15, 0.2) is 103 Å². The van der Waals surface area contributed by atoms with Crippen molar-refractivity contribution in [2.45, 2.75) is 44.2 Å². The maximum Gasteiger partial charge on any atom is 0.303 e. The summed E-state index contributed by atoms with van der Waals surface area (Å²) in [6.45, 7) is 0. The summed E-state index contributed by atoms with van der Waals surface area (Å²) in [5.41, 5.74) is 11.4. The normalized spacial score (nSPS) is 12.1. The van der Waals surface area contributed by atoms with Crippen LogP contribution >= 0.6 is 0 Å². The number of carbonyl (C=O) groups is 4. The highest BCUT2D eigenvalue weighted by atomic mass is 16.4. The molecule has 0 aliphatic heterocycles. The van der Waals surface area contributed by atoms with Gasteiger partial charge in [0.05, 0.1) is 0 Å². The van der Waals surface area contributed by atoms with Crippen LogP contribution in [-0.4, -0.2) is 46.0 Å². The molecule has 4 aromatic rings. The Hall–Kier alpha value is -5.44. The van der Waals surface area contributed by atoms with Gasteiger partial charge >= 0.3 is 5.97 Å². The highest BCUT2D eigenvalue weighted by Gasteiger charge is 2.26. The van der Waals surface area contributed by atoms with E-state index in [1.54, 1.807) is 12.1 Å². The van der Waals surface area contributed by atoms with Crippen molar-refractivity contribution in [3.63, 3.8) is 0 Å². The largest absolute Gasteiger partial charge is 0.508 e. The molecule has 4 aromatic carbocycles. The molecule has 0 radical (unpaired) electrons. The molecule has 0 saturated carbocycles. The number of carboxylic acid groups (broad SMARTS) is 1. The lowest BCUT2D eigenvalue weighted by Crippen LogP contribution is -2.53. The minimum absolute atomic E-state index is 0.0523. The van der Waals surface area contributed by atoms with Gasteiger partial charge in [-0.3, -0.25) is 19.2 Å². The number of aromatic hydroxyl groups is 1. The fourth-order valence-electron chi connectivity index (χ4n) is 4.78. The van der Waals surface area contributed by atoms with Gasteiger partial charge in [-0.25, -0.2) is 0 Å². The van der Waals surface area contributed by atoms with Crippen LogP contribution in [0.5, 0.6) is 5.75 Å². The minimum atomic E-state index is -1.20. The third-order valence-electron chi connectivity index (χ3n) is 7.25. The lowest BCUT2D eigenvalue weighted by molar-refractivity contribution is -0.137. The molecule has 6 N–H and O–H groups in total. The van der Waals surface area contributed by atoms with Gasteiger partial charge in [-0.2, -0.15) is 0 Å². The van der Waals surface area contributed by atoms with Gasteiger partial charge in [0.15, 0.2) is 0 Å². The molecule has 0 saturated heterocycles. The molecule has 4 rings (SSSR count). The van der Waals surface area contributed by atoms with Gasteiger partial charge in [-0.15, -0.1) is 0 Å². The smallest absolute Gasteiger partial charge is 0.303 e. The van der Waals surface area contributed by atoms with Crippen LogP contribution in [0.1, 0.15) is 30.4 Å². The summed E-state index contributed by atoms with van der Waals surface area (Å²) >= 11 is 0. The Kier molecular flexibility index (Phi) is 10.8. The van der Waals surface area contributed by atoms with Crippen molar-refractivity contribution in [3.8, 4) is 28.0 Å². The van der Waals surface area contributed by atoms with Crippen LogP contribution in [0, 0.1) is 0 Å². The molecule has 2 atom stereocenters. The predicted octanol–water partition coefficient (Wildman–Crippen LogP) is 4.22. The first-order valence-corrected chi connectivity index (χ1v) is 14.3. The zero-order valence-electron chi connectivity index (χ0n) is 24.1. The van der Waals surface area contributed by atoms with Crippen LogP contribution in [0.4, 0.5) is 0 Å². The number of aryl methyl sites for hydroxylation is 1. The Balaban J connectivity index is 1.37. The molecule has 9 heteroatoms. The first-order valence-electron chi connectivity index (χ1n) is 14.3. The number of rotatable bonds is 14. The van der Waals surface area contributed by atoms with Gasteiger partial charge < -0.3 is 26.6 Å². The van der Waals surface area contributed by atoms with Crippen molar-refractivity contribution in [1.29, 1.82) is 0 Å². The number of benzene rings is 4. The third-order valence-corrected chi connectivity index (χ3v) is 7.25. The number of carboxylic acids is 1. The monoisotopic (exact) mass is 593 g/mol. The molecule has 0 aromatic heterocycles. The Morgan fingerprint density at radius 3 is 1.70 bits per heavy atom. The highest BCUT2D eigenvalue weighted by molar-refractivity contribution is 5.92.